The fourth-order valence-corrected chi connectivity index (χ4v) is 2.13. The molecular formula is C11H12N2OS. The first-order valence-electron chi connectivity index (χ1n) is 4.69. The van der Waals surface area contributed by atoms with Gasteiger partial charge in [0.25, 0.3) is 0 Å². The molecule has 0 aliphatic heterocycles. The van der Waals surface area contributed by atoms with E-state index in [9.17, 15) is 0 Å². The summed E-state index contributed by atoms with van der Waals surface area (Å²) < 4.78 is 5.02. The summed E-state index contributed by atoms with van der Waals surface area (Å²) in [4.78, 5) is 8.54. The molecule has 0 unspecified atom stereocenters. The molecule has 0 saturated heterocycles. The van der Waals surface area contributed by atoms with E-state index in [1.165, 1.54) is 5.56 Å². The first-order valence-corrected chi connectivity index (χ1v) is 5.57. The Morgan fingerprint density at radius 3 is 3.13 bits per heavy atom. The first kappa shape index (κ1) is 10.3. The Balaban J connectivity index is 2.05. The summed E-state index contributed by atoms with van der Waals surface area (Å²) in [5, 5.41) is 3.14. The van der Waals surface area contributed by atoms with Crippen molar-refractivity contribution < 1.29 is 4.74 Å². The predicted molar refractivity (Wildman–Crippen MR) is 59.9 cm³/mol. The number of nitrogens with zero attached hydrogens (tertiary/aromatic N) is 2. The molecule has 2 aromatic rings. The van der Waals surface area contributed by atoms with Gasteiger partial charge in [0, 0.05) is 31.3 Å². The Morgan fingerprint density at radius 1 is 1.47 bits per heavy atom. The monoisotopic (exact) mass is 220 g/mol. The van der Waals surface area contributed by atoms with E-state index in [1.807, 2.05) is 17.6 Å². The fourth-order valence-electron chi connectivity index (χ4n) is 1.32. The summed E-state index contributed by atoms with van der Waals surface area (Å²) in [5.74, 6) is 0. The van der Waals surface area contributed by atoms with E-state index >= 15 is 0 Å². The Morgan fingerprint density at radius 2 is 2.40 bits per heavy atom. The zero-order valence-electron chi connectivity index (χ0n) is 8.51. The van der Waals surface area contributed by atoms with Crippen molar-refractivity contribution in [2.24, 2.45) is 0 Å². The van der Waals surface area contributed by atoms with Gasteiger partial charge < -0.3 is 4.74 Å². The van der Waals surface area contributed by atoms with Gasteiger partial charge >= 0.3 is 0 Å². The van der Waals surface area contributed by atoms with E-state index in [0.717, 1.165) is 17.1 Å². The molecule has 0 N–H and O–H groups in total. The smallest absolute Gasteiger partial charge is 0.0973 e. The van der Waals surface area contributed by atoms with Crippen LogP contribution in [0.2, 0.25) is 0 Å². The highest BCUT2D eigenvalue weighted by molar-refractivity contribution is 7.09. The van der Waals surface area contributed by atoms with Crippen LogP contribution in [-0.4, -0.2) is 17.1 Å². The standard InChI is InChI=1S/C11H12N2OS/c1-14-7-10-8-15-11(13-10)5-9-3-2-4-12-6-9/h2-4,6,8H,5,7H2,1H3. The molecule has 2 aromatic heterocycles. The molecule has 2 rings (SSSR count). The molecule has 78 valence electrons. The van der Waals surface area contributed by atoms with Crippen LogP contribution in [0.4, 0.5) is 0 Å². The van der Waals surface area contributed by atoms with Crippen molar-refractivity contribution in [1.29, 1.82) is 0 Å². The lowest BCUT2D eigenvalue weighted by atomic mass is 10.2. The minimum absolute atomic E-state index is 0.587. The quantitative estimate of drug-likeness (QED) is 0.793. The molecule has 0 atom stereocenters. The molecule has 0 bridgehead atoms. The van der Waals surface area contributed by atoms with E-state index < -0.39 is 0 Å². The lowest BCUT2D eigenvalue weighted by Crippen LogP contribution is -1.91. The summed E-state index contributed by atoms with van der Waals surface area (Å²) in [6.45, 7) is 0.587. The van der Waals surface area contributed by atoms with Crippen LogP contribution in [0.1, 0.15) is 16.3 Å². The SMILES string of the molecule is COCc1csc(Cc2cccnc2)n1. The van der Waals surface area contributed by atoms with Crippen molar-refractivity contribution in [3.05, 3.63) is 46.2 Å². The number of thiazole rings is 1. The molecule has 0 spiro atoms. The first-order chi connectivity index (χ1) is 7.38. The van der Waals surface area contributed by atoms with E-state index in [4.69, 9.17) is 4.74 Å². The maximum absolute atomic E-state index is 5.02. The highest BCUT2D eigenvalue weighted by atomic mass is 32.1. The number of rotatable bonds is 4. The van der Waals surface area contributed by atoms with E-state index in [-0.39, 0.29) is 0 Å². The van der Waals surface area contributed by atoms with Gasteiger partial charge in [0.1, 0.15) is 0 Å². The molecule has 4 heteroatoms. The van der Waals surface area contributed by atoms with Gasteiger partial charge in [-0.2, -0.15) is 0 Å². The maximum Gasteiger partial charge on any atom is 0.0973 e. The third-order valence-electron chi connectivity index (χ3n) is 1.97. The Hall–Kier alpha value is -1.26. The van der Waals surface area contributed by atoms with Gasteiger partial charge in [0.05, 0.1) is 17.3 Å². The van der Waals surface area contributed by atoms with Gasteiger partial charge in [-0.25, -0.2) is 4.98 Å². The van der Waals surface area contributed by atoms with Crippen LogP contribution >= 0.6 is 11.3 Å². The molecule has 0 fully saturated rings. The summed E-state index contributed by atoms with van der Waals surface area (Å²) in [6, 6.07) is 4.00. The van der Waals surface area contributed by atoms with Gasteiger partial charge in [-0.05, 0) is 11.6 Å². The third kappa shape index (κ3) is 2.84. The average molecular weight is 220 g/mol. The molecule has 0 aliphatic rings. The number of pyridine rings is 1. The van der Waals surface area contributed by atoms with Crippen molar-refractivity contribution >= 4 is 11.3 Å². The molecule has 3 nitrogen and oxygen atoms in total. The van der Waals surface area contributed by atoms with E-state index in [1.54, 1.807) is 24.6 Å². The topological polar surface area (TPSA) is 35.0 Å². The van der Waals surface area contributed by atoms with Crippen LogP contribution in [0.25, 0.3) is 0 Å². The van der Waals surface area contributed by atoms with E-state index in [0.29, 0.717) is 6.61 Å². The van der Waals surface area contributed by atoms with Gasteiger partial charge in [-0.1, -0.05) is 6.07 Å². The second-order valence-corrected chi connectivity index (χ2v) is 4.15. The predicted octanol–water partition coefficient (Wildman–Crippen LogP) is 2.28. The van der Waals surface area contributed by atoms with Crippen LogP contribution in [0.15, 0.2) is 29.9 Å². The number of hydrogen-bond acceptors (Lipinski definition) is 4. The van der Waals surface area contributed by atoms with Gasteiger partial charge in [0.15, 0.2) is 0 Å². The molecule has 0 saturated carbocycles. The lowest BCUT2D eigenvalue weighted by molar-refractivity contribution is 0.182. The molecular weight excluding hydrogens is 208 g/mol. The number of ether oxygens (including phenoxy) is 1. The van der Waals surface area contributed by atoms with Crippen LogP contribution in [0.3, 0.4) is 0 Å². The average Bonchev–Trinajstić information content (AvgIpc) is 2.68. The molecule has 2 heterocycles. The Labute approximate surface area is 92.8 Å². The van der Waals surface area contributed by atoms with Crippen LogP contribution in [0.5, 0.6) is 0 Å². The summed E-state index contributed by atoms with van der Waals surface area (Å²) in [5.41, 5.74) is 2.19. The molecule has 0 aliphatic carbocycles. The zero-order valence-corrected chi connectivity index (χ0v) is 9.33. The Bertz CT molecular complexity index is 414. The van der Waals surface area contributed by atoms with Crippen LogP contribution in [0, 0.1) is 0 Å². The third-order valence-corrected chi connectivity index (χ3v) is 2.87. The number of hydrogen-bond donors (Lipinski definition) is 0. The van der Waals surface area contributed by atoms with Gasteiger partial charge in [-0.15, -0.1) is 11.3 Å². The zero-order chi connectivity index (χ0) is 10.5. The summed E-state index contributed by atoms with van der Waals surface area (Å²) in [7, 11) is 1.68. The normalized spacial score (nSPS) is 10.5. The van der Waals surface area contributed by atoms with Gasteiger partial charge in [0.2, 0.25) is 0 Å². The maximum atomic E-state index is 5.02. The second-order valence-electron chi connectivity index (χ2n) is 3.20. The van der Waals surface area contributed by atoms with E-state index in [2.05, 4.69) is 16.0 Å². The summed E-state index contributed by atoms with van der Waals surface area (Å²) >= 11 is 1.67. The number of methoxy groups -OCH3 is 1. The van der Waals surface area contributed by atoms with Gasteiger partial charge in [-0.3, -0.25) is 4.98 Å². The highest BCUT2D eigenvalue weighted by Gasteiger charge is 2.02. The van der Waals surface area contributed by atoms with Crippen molar-refractivity contribution in [2.45, 2.75) is 13.0 Å². The summed E-state index contributed by atoms with van der Waals surface area (Å²) in [6.07, 6.45) is 4.50. The number of aromatic nitrogens is 2. The molecule has 15 heavy (non-hydrogen) atoms. The Kier molecular flexibility index (Phi) is 3.42. The minimum Gasteiger partial charge on any atom is -0.378 e. The molecule has 0 aromatic carbocycles. The van der Waals surface area contributed by atoms with Crippen molar-refractivity contribution in [1.82, 2.24) is 9.97 Å². The van der Waals surface area contributed by atoms with Crippen molar-refractivity contribution in [3.63, 3.8) is 0 Å². The van der Waals surface area contributed by atoms with Crippen LogP contribution < -0.4 is 0 Å². The molecule has 0 amide bonds. The fraction of sp³-hybridized carbons (Fsp3) is 0.273. The largest absolute Gasteiger partial charge is 0.378 e. The van der Waals surface area contributed by atoms with Crippen molar-refractivity contribution in [2.75, 3.05) is 7.11 Å². The van der Waals surface area contributed by atoms with Crippen LogP contribution in [-0.2, 0) is 17.8 Å². The lowest BCUT2D eigenvalue weighted by Gasteiger charge is -1.95. The second kappa shape index (κ2) is 5.00. The van der Waals surface area contributed by atoms with Crippen molar-refractivity contribution in [3.8, 4) is 0 Å². The highest BCUT2D eigenvalue weighted by Crippen LogP contribution is 2.14. The molecule has 0 radical (unpaired) electrons. The minimum atomic E-state index is 0.587.